The Morgan fingerprint density at radius 2 is 1.86 bits per heavy atom. The molecule has 0 bridgehead atoms. The van der Waals surface area contributed by atoms with Gasteiger partial charge in [-0.2, -0.15) is 4.37 Å². The molecule has 2 rings (SSSR count). The third kappa shape index (κ3) is 5.11. The highest BCUT2D eigenvalue weighted by atomic mass is 32.1. The van der Waals surface area contributed by atoms with Crippen LogP contribution in [0.2, 0.25) is 0 Å². The minimum atomic E-state index is -0.807. The van der Waals surface area contributed by atoms with Crippen molar-refractivity contribution in [3.05, 3.63) is 39.9 Å². The van der Waals surface area contributed by atoms with E-state index in [-0.39, 0.29) is 28.7 Å². The number of hydrogen-bond acceptors (Lipinski definition) is 6. The molecule has 0 atom stereocenters. The van der Waals surface area contributed by atoms with Gasteiger partial charge in [0.15, 0.2) is 5.69 Å². The molecule has 2 aromatic rings. The summed E-state index contributed by atoms with van der Waals surface area (Å²) >= 11 is 0.789. The first-order valence-corrected chi connectivity index (χ1v) is 9.99. The fourth-order valence-corrected chi connectivity index (χ4v) is 3.33. The molecular formula is C20H27N5O3S. The summed E-state index contributed by atoms with van der Waals surface area (Å²) in [5, 5.41) is 2.93. The van der Waals surface area contributed by atoms with Crippen LogP contribution in [0, 0.1) is 13.8 Å². The Morgan fingerprint density at radius 1 is 1.21 bits per heavy atom. The van der Waals surface area contributed by atoms with Crippen LogP contribution in [-0.2, 0) is 4.79 Å². The van der Waals surface area contributed by atoms with Gasteiger partial charge in [0.1, 0.15) is 11.4 Å². The van der Waals surface area contributed by atoms with E-state index in [1.807, 2.05) is 46.8 Å². The van der Waals surface area contributed by atoms with Crippen LogP contribution in [0.3, 0.4) is 0 Å². The van der Waals surface area contributed by atoms with Crippen molar-refractivity contribution in [2.45, 2.75) is 46.6 Å². The zero-order valence-corrected chi connectivity index (χ0v) is 18.1. The first-order chi connectivity index (χ1) is 13.5. The van der Waals surface area contributed by atoms with Gasteiger partial charge in [0, 0.05) is 11.2 Å². The maximum absolute atomic E-state index is 13.3. The molecule has 1 aromatic heterocycles. The number of amides is 3. The van der Waals surface area contributed by atoms with Crippen LogP contribution >= 0.6 is 11.5 Å². The highest BCUT2D eigenvalue weighted by Gasteiger charge is 2.28. The van der Waals surface area contributed by atoms with E-state index in [0.29, 0.717) is 5.69 Å². The van der Waals surface area contributed by atoms with Crippen LogP contribution in [0.5, 0.6) is 0 Å². The van der Waals surface area contributed by atoms with Gasteiger partial charge >= 0.3 is 0 Å². The zero-order valence-electron chi connectivity index (χ0n) is 17.3. The standard InChI is InChI=1S/C20H27N5O3S/c1-6-20(4,5)23-14(26)10-25(13-8-7-11(2)12(3)9-13)19(28)17-15(21)16(18(22)27)24-29-17/h7-9H,6,10,21H2,1-5H3,(H2,22,27)(H,23,26). The monoisotopic (exact) mass is 417 g/mol. The number of carbonyl (C=O) groups is 3. The van der Waals surface area contributed by atoms with Crippen molar-refractivity contribution in [2.24, 2.45) is 5.73 Å². The summed E-state index contributed by atoms with van der Waals surface area (Å²) in [6.45, 7) is 9.47. The van der Waals surface area contributed by atoms with E-state index in [9.17, 15) is 14.4 Å². The number of benzene rings is 1. The van der Waals surface area contributed by atoms with Crippen molar-refractivity contribution in [1.29, 1.82) is 0 Å². The lowest BCUT2D eigenvalue weighted by Crippen LogP contribution is -2.48. The molecule has 5 N–H and O–H groups in total. The average Bonchev–Trinajstić information content (AvgIpc) is 3.03. The summed E-state index contributed by atoms with van der Waals surface area (Å²) in [6.07, 6.45) is 0.736. The molecular weight excluding hydrogens is 390 g/mol. The lowest BCUT2D eigenvalue weighted by Gasteiger charge is -2.28. The summed E-state index contributed by atoms with van der Waals surface area (Å²) in [4.78, 5) is 38.8. The van der Waals surface area contributed by atoms with Gasteiger partial charge in [-0.3, -0.25) is 19.3 Å². The minimum absolute atomic E-state index is 0.0691. The Labute approximate surface area is 174 Å². The molecule has 0 aliphatic rings. The number of aryl methyl sites for hydroxylation is 2. The van der Waals surface area contributed by atoms with Gasteiger partial charge in [0.2, 0.25) is 5.91 Å². The van der Waals surface area contributed by atoms with Crippen molar-refractivity contribution in [1.82, 2.24) is 9.69 Å². The second-order valence-electron chi connectivity index (χ2n) is 7.58. The largest absolute Gasteiger partial charge is 0.395 e. The topological polar surface area (TPSA) is 131 Å². The molecule has 0 saturated heterocycles. The van der Waals surface area contributed by atoms with Gasteiger partial charge in [-0.25, -0.2) is 0 Å². The molecule has 0 aliphatic heterocycles. The molecule has 29 heavy (non-hydrogen) atoms. The fraction of sp³-hybridized carbons (Fsp3) is 0.400. The Hall–Kier alpha value is -2.94. The van der Waals surface area contributed by atoms with E-state index < -0.39 is 17.4 Å². The third-order valence-corrected chi connectivity index (χ3v) is 5.72. The number of carbonyl (C=O) groups excluding carboxylic acids is 3. The number of nitrogens with two attached hydrogens (primary N) is 2. The molecule has 1 heterocycles. The SMILES string of the molecule is CCC(C)(C)NC(=O)CN(C(=O)c1snc(C(N)=O)c1N)c1ccc(C)c(C)c1. The van der Waals surface area contributed by atoms with Crippen LogP contribution in [0.15, 0.2) is 18.2 Å². The van der Waals surface area contributed by atoms with Gasteiger partial charge in [-0.1, -0.05) is 13.0 Å². The molecule has 0 unspecified atom stereocenters. The predicted octanol–water partition coefficient (Wildman–Crippen LogP) is 2.39. The quantitative estimate of drug-likeness (QED) is 0.636. The van der Waals surface area contributed by atoms with Crippen molar-refractivity contribution in [3.63, 3.8) is 0 Å². The number of hydrogen-bond donors (Lipinski definition) is 3. The molecule has 3 amide bonds. The smallest absolute Gasteiger partial charge is 0.272 e. The molecule has 0 saturated carbocycles. The summed E-state index contributed by atoms with van der Waals surface area (Å²) in [5.74, 6) is -1.63. The minimum Gasteiger partial charge on any atom is -0.395 e. The number of aromatic nitrogens is 1. The molecule has 0 aliphatic carbocycles. The van der Waals surface area contributed by atoms with E-state index in [2.05, 4.69) is 9.69 Å². The summed E-state index contributed by atoms with van der Waals surface area (Å²) in [7, 11) is 0. The molecule has 8 nitrogen and oxygen atoms in total. The Bertz CT molecular complexity index is 952. The van der Waals surface area contributed by atoms with E-state index in [4.69, 9.17) is 11.5 Å². The number of rotatable bonds is 7. The van der Waals surface area contributed by atoms with E-state index in [0.717, 1.165) is 29.1 Å². The highest BCUT2D eigenvalue weighted by molar-refractivity contribution is 7.09. The third-order valence-electron chi connectivity index (χ3n) is 4.87. The van der Waals surface area contributed by atoms with E-state index in [1.54, 1.807) is 6.07 Å². The van der Waals surface area contributed by atoms with Gasteiger partial charge in [0.25, 0.3) is 11.8 Å². The van der Waals surface area contributed by atoms with Crippen molar-refractivity contribution >= 4 is 40.6 Å². The zero-order chi connectivity index (χ0) is 21.9. The molecule has 156 valence electrons. The van der Waals surface area contributed by atoms with Gasteiger partial charge in [-0.15, -0.1) is 0 Å². The van der Waals surface area contributed by atoms with Crippen LogP contribution in [0.25, 0.3) is 0 Å². The number of anilines is 2. The number of nitrogens with zero attached hydrogens (tertiary/aromatic N) is 2. The Balaban J connectivity index is 2.43. The van der Waals surface area contributed by atoms with E-state index >= 15 is 0 Å². The number of primary amides is 1. The predicted molar refractivity (Wildman–Crippen MR) is 115 cm³/mol. The van der Waals surface area contributed by atoms with Crippen LogP contribution in [0.1, 0.15) is 58.5 Å². The van der Waals surface area contributed by atoms with Gasteiger partial charge < -0.3 is 16.8 Å². The van der Waals surface area contributed by atoms with Crippen molar-refractivity contribution in [3.8, 4) is 0 Å². The number of nitrogens with one attached hydrogen (secondary N) is 1. The van der Waals surface area contributed by atoms with Crippen molar-refractivity contribution < 1.29 is 14.4 Å². The maximum Gasteiger partial charge on any atom is 0.272 e. The van der Waals surface area contributed by atoms with Crippen LogP contribution in [0.4, 0.5) is 11.4 Å². The number of nitrogen functional groups attached to an aromatic ring is 1. The lowest BCUT2D eigenvalue weighted by molar-refractivity contribution is -0.121. The Kier molecular flexibility index (Phi) is 6.63. The molecule has 0 radical (unpaired) electrons. The lowest BCUT2D eigenvalue weighted by atomic mass is 10.0. The molecule has 9 heteroatoms. The fourth-order valence-electron chi connectivity index (χ4n) is 2.57. The highest BCUT2D eigenvalue weighted by Crippen LogP contribution is 2.27. The average molecular weight is 418 g/mol. The second-order valence-corrected chi connectivity index (χ2v) is 8.36. The molecule has 0 fully saturated rings. The van der Waals surface area contributed by atoms with Crippen LogP contribution < -0.4 is 21.7 Å². The first kappa shape index (κ1) is 22.4. The second kappa shape index (κ2) is 8.60. The molecule has 0 spiro atoms. The van der Waals surface area contributed by atoms with Gasteiger partial charge in [0.05, 0.1) is 5.69 Å². The van der Waals surface area contributed by atoms with Crippen LogP contribution in [-0.4, -0.2) is 34.2 Å². The summed E-state index contributed by atoms with van der Waals surface area (Å²) in [6, 6.07) is 5.48. The normalized spacial score (nSPS) is 11.2. The summed E-state index contributed by atoms with van der Waals surface area (Å²) in [5.41, 5.74) is 13.1. The summed E-state index contributed by atoms with van der Waals surface area (Å²) < 4.78 is 3.89. The van der Waals surface area contributed by atoms with Crippen molar-refractivity contribution in [2.75, 3.05) is 17.2 Å². The Morgan fingerprint density at radius 3 is 2.38 bits per heavy atom. The first-order valence-electron chi connectivity index (χ1n) is 9.22. The molecule has 1 aromatic carbocycles. The maximum atomic E-state index is 13.3. The van der Waals surface area contributed by atoms with E-state index in [1.165, 1.54) is 4.90 Å². The van der Waals surface area contributed by atoms with Gasteiger partial charge in [-0.05, 0) is 68.9 Å².